The van der Waals surface area contributed by atoms with E-state index in [1.807, 2.05) is 0 Å². The second kappa shape index (κ2) is 5.78. The molecule has 0 aromatic rings. The van der Waals surface area contributed by atoms with Gasteiger partial charge in [-0.3, -0.25) is 0 Å². The van der Waals surface area contributed by atoms with Crippen LogP contribution in [0.3, 0.4) is 0 Å². The van der Waals surface area contributed by atoms with Crippen LogP contribution in [-0.4, -0.2) is 12.7 Å². The number of hydrogen-bond donors (Lipinski definition) is 0. The van der Waals surface area contributed by atoms with Crippen molar-refractivity contribution in [1.82, 2.24) is 0 Å². The molecule has 1 saturated carbocycles. The van der Waals surface area contributed by atoms with Gasteiger partial charge in [0.05, 0.1) is 6.10 Å². The summed E-state index contributed by atoms with van der Waals surface area (Å²) < 4.78 is 28.8. The minimum Gasteiger partial charge on any atom is -0.320 e. The lowest BCUT2D eigenvalue weighted by Crippen LogP contribution is -2.33. The molecular formula is C12H22F2O. The number of hydrogen-bond acceptors (Lipinski definition) is 1. The molecule has 0 bridgehead atoms. The summed E-state index contributed by atoms with van der Waals surface area (Å²) in [6.45, 7) is 3.94. The first-order valence-corrected chi connectivity index (χ1v) is 5.98. The lowest BCUT2D eigenvalue weighted by atomic mass is 9.71. The van der Waals surface area contributed by atoms with Crippen molar-refractivity contribution in [2.75, 3.05) is 0 Å². The van der Waals surface area contributed by atoms with Gasteiger partial charge < -0.3 is 4.74 Å². The van der Waals surface area contributed by atoms with Crippen LogP contribution < -0.4 is 0 Å². The Morgan fingerprint density at radius 3 is 2.40 bits per heavy atom. The molecule has 0 N–H and O–H groups in total. The molecule has 15 heavy (non-hydrogen) atoms. The van der Waals surface area contributed by atoms with E-state index < -0.39 is 6.61 Å². The van der Waals surface area contributed by atoms with E-state index in [2.05, 4.69) is 25.5 Å². The van der Waals surface area contributed by atoms with Gasteiger partial charge in [0, 0.05) is 0 Å². The largest absolute Gasteiger partial charge is 0.345 e. The van der Waals surface area contributed by atoms with Gasteiger partial charge in [0.25, 0.3) is 0 Å². The predicted octanol–water partition coefficient (Wildman–Crippen LogP) is 4.08. The maximum atomic E-state index is 12.1. The van der Waals surface area contributed by atoms with Crippen molar-refractivity contribution >= 4 is 0 Å². The third-order valence-corrected chi connectivity index (χ3v) is 3.68. The Labute approximate surface area is 91.2 Å². The van der Waals surface area contributed by atoms with Crippen molar-refractivity contribution in [3.05, 3.63) is 0 Å². The van der Waals surface area contributed by atoms with Gasteiger partial charge in [0.1, 0.15) is 0 Å². The Bertz CT molecular complexity index is 182. The van der Waals surface area contributed by atoms with Crippen molar-refractivity contribution in [3.8, 4) is 0 Å². The molecular weight excluding hydrogens is 198 g/mol. The molecule has 1 nitrogen and oxygen atoms in total. The number of ether oxygens (including phenoxy) is 1. The molecule has 1 rings (SSSR count). The second-order valence-electron chi connectivity index (χ2n) is 4.91. The van der Waals surface area contributed by atoms with Crippen LogP contribution in [0.5, 0.6) is 0 Å². The van der Waals surface area contributed by atoms with E-state index in [1.54, 1.807) is 0 Å². The zero-order valence-corrected chi connectivity index (χ0v) is 9.88. The van der Waals surface area contributed by atoms with E-state index in [0.29, 0.717) is 17.8 Å². The molecule has 0 saturated heterocycles. The first kappa shape index (κ1) is 12.9. The number of alkyl halides is 2. The van der Waals surface area contributed by atoms with Crippen LogP contribution in [0.1, 0.15) is 46.5 Å². The first-order valence-electron chi connectivity index (χ1n) is 5.98. The maximum Gasteiger partial charge on any atom is 0.345 e. The van der Waals surface area contributed by atoms with Crippen LogP contribution in [0.15, 0.2) is 0 Å². The van der Waals surface area contributed by atoms with Gasteiger partial charge in [-0.25, -0.2) is 0 Å². The van der Waals surface area contributed by atoms with E-state index in [1.165, 1.54) is 0 Å². The summed E-state index contributed by atoms with van der Waals surface area (Å²) in [5, 5.41) is 0. The summed E-state index contributed by atoms with van der Waals surface area (Å²) in [5.74, 6) is 1.81. The third kappa shape index (κ3) is 3.71. The van der Waals surface area contributed by atoms with Gasteiger partial charge >= 0.3 is 6.61 Å². The van der Waals surface area contributed by atoms with Gasteiger partial charge in [0.15, 0.2) is 0 Å². The summed E-state index contributed by atoms with van der Waals surface area (Å²) in [7, 11) is 0. The van der Waals surface area contributed by atoms with Crippen molar-refractivity contribution in [3.63, 3.8) is 0 Å². The Morgan fingerprint density at radius 2 is 1.93 bits per heavy atom. The number of rotatable bonds is 4. The van der Waals surface area contributed by atoms with Crippen molar-refractivity contribution in [1.29, 1.82) is 0 Å². The molecule has 0 radical (unpaired) electrons. The molecule has 0 aromatic heterocycles. The zero-order valence-electron chi connectivity index (χ0n) is 9.88. The van der Waals surface area contributed by atoms with Crippen molar-refractivity contribution < 1.29 is 13.5 Å². The van der Waals surface area contributed by atoms with Gasteiger partial charge in [-0.2, -0.15) is 8.78 Å². The highest BCUT2D eigenvalue weighted by Crippen LogP contribution is 2.38. The summed E-state index contributed by atoms with van der Waals surface area (Å²) in [4.78, 5) is 0. The topological polar surface area (TPSA) is 9.23 Å². The van der Waals surface area contributed by atoms with Crippen LogP contribution in [0, 0.1) is 17.8 Å². The monoisotopic (exact) mass is 220 g/mol. The van der Waals surface area contributed by atoms with Crippen molar-refractivity contribution in [2.24, 2.45) is 17.8 Å². The highest BCUT2D eigenvalue weighted by Gasteiger charge is 2.32. The zero-order chi connectivity index (χ0) is 11.4. The molecule has 0 spiro atoms. The van der Waals surface area contributed by atoms with Crippen LogP contribution in [-0.2, 0) is 4.74 Å². The number of halogens is 2. The molecule has 90 valence electrons. The maximum absolute atomic E-state index is 12.1. The average molecular weight is 220 g/mol. The van der Waals surface area contributed by atoms with E-state index >= 15 is 0 Å². The second-order valence-corrected chi connectivity index (χ2v) is 4.91. The van der Waals surface area contributed by atoms with Crippen molar-refractivity contribution in [2.45, 2.75) is 59.2 Å². The molecule has 1 fully saturated rings. The minimum absolute atomic E-state index is 0.222. The standard InChI is InChI=1S/C12H22F2O/c1-4-9-5-6-10(15-12(13)14)7-11(9)8(2)3/h8-12H,4-7H2,1-3H3. The molecule has 0 heterocycles. The third-order valence-electron chi connectivity index (χ3n) is 3.68. The Balaban J connectivity index is 2.50. The van der Waals surface area contributed by atoms with Crippen LogP contribution in [0.4, 0.5) is 8.78 Å². The molecule has 0 amide bonds. The van der Waals surface area contributed by atoms with Gasteiger partial charge in [-0.15, -0.1) is 0 Å². The van der Waals surface area contributed by atoms with Gasteiger partial charge in [0.2, 0.25) is 0 Å². The lowest BCUT2D eigenvalue weighted by Gasteiger charge is -2.37. The summed E-state index contributed by atoms with van der Waals surface area (Å²) in [6, 6.07) is 0. The van der Waals surface area contributed by atoms with Crippen LogP contribution in [0.2, 0.25) is 0 Å². The highest BCUT2D eigenvalue weighted by molar-refractivity contribution is 4.81. The Hall–Kier alpha value is -0.180. The highest BCUT2D eigenvalue weighted by atomic mass is 19.3. The van der Waals surface area contributed by atoms with E-state index in [-0.39, 0.29) is 6.10 Å². The predicted molar refractivity (Wildman–Crippen MR) is 56.8 cm³/mol. The fraction of sp³-hybridized carbons (Fsp3) is 1.00. The first-order chi connectivity index (χ1) is 7.04. The smallest absolute Gasteiger partial charge is 0.320 e. The summed E-state index contributed by atoms with van der Waals surface area (Å²) in [6.07, 6.45) is 3.58. The van der Waals surface area contributed by atoms with Gasteiger partial charge in [-0.05, 0) is 37.0 Å². The summed E-state index contributed by atoms with van der Waals surface area (Å²) >= 11 is 0. The molecule has 3 atom stereocenters. The fourth-order valence-corrected chi connectivity index (χ4v) is 2.82. The molecule has 1 aliphatic carbocycles. The Kier molecular flexibility index (Phi) is 4.97. The summed E-state index contributed by atoms with van der Waals surface area (Å²) in [5.41, 5.74) is 0. The van der Waals surface area contributed by atoms with Crippen LogP contribution >= 0.6 is 0 Å². The lowest BCUT2D eigenvalue weighted by molar-refractivity contribution is -0.178. The Morgan fingerprint density at radius 1 is 1.27 bits per heavy atom. The van der Waals surface area contributed by atoms with Gasteiger partial charge in [-0.1, -0.05) is 27.2 Å². The molecule has 0 aliphatic heterocycles. The molecule has 3 unspecified atom stereocenters. The molecule has 0 aromatic carbocycles. The van der Waals surface area contributed by atoms with E-state index in [9.17, 15) is 8.78 Å². The molecule has 3 heteroatoms. The molecule has 1 aliphatic rings. The minimum atomic E-state index is -2.61. The normalized spacial score (nSPS) is 32.6. The SMILES string of the molecule is CCC1CCC(OC(F)F)CC1C(C)C. The van der Waals surface area contributed by atoms with Crippen LogP contribution in [0.25, 0.3) is 0 Å². The average Bonchev–Trinajstić information content (AvgIpc) is 2.16. The van der Waals surface area contributed by atoms with E-state index in [4.69, 9.17) is 0 Å². The quantitative estimate of drug-likeness (QED) is 0.693. The fourth-order valence-electron chi connectivity index (χ4n) is 2.82. The van der Waals surface area contributed by atoms with E-state index in [0.717, 1.165) is 25.7 Å².